The first-order valence-corrected chi connectivity index (χ1v) is 8.60. The van der Waals surface area contributed by atoms with Gasteiger partial charge in [0.05, 0.1) is 17.8 Å². The molecule has 2 unspecified atom stereocenters. The number of aromatic nitrogens is 1. The van der Waals surface area contributed by atoms with Crippen LogP contribution in [0.2, 0.25) is 0 Å². The van der Waals surface area contributed by atoms with Gasteiger partial charge in [-0.2, -0.15) is 5.26 Å². The molecule has 0 radical (unpaired) electrons. The van der Waals surface area contributed by atoms with E-state index in [1.807, 2.05) is 31.2 Å². The Bertz CT molecular complexity index is 852. The zero-order chi connectivity index (χ0) is 18.4. The second kappa shape index (κ2) is 8.23. The Labute approximate surface area is 159 Å². The van der Waals surface area contributed by atoms with Gasteiger partial charge in [0.25, 0.3) is 0 Å². The van der Waals surface area contributed by atoms with Gasteiger partial charge in [-0.3, -0.25) is 4.98 Å². The predicted molar refractivity (Wildman–Crippen MR) is 105 cm³/mol. The summed E-state index contributed by atoms with van der Waals surface area (Å²) >= 11 is 8.75. The lowest BCUT2D eigenvalue weighted by Gasteiger charge is -2.24. The molecule has 1 heterocycles. The molecular formula is C17H17BrN4O2S. The molecule has 0 saturated heterocycles. The van der Waals surface area contributed by atoms with Crippen molar-refractivity contribution in [3.63, 3.8) is 0 Å². The van der Waals surface area contributed by atoms with Gasteiger partial charge in [0.1, 0.15) is 24.0 Å². The Kier molecular flexibility index (Phi) is 6.28. The smallest absolute Gasteiger partial charge is 0.162 e. The summed E-state index contributed by atoms with van der Waals surface area (Å²) in [4.78, 5) is 9.33. The number of hydrogen-bond donors (Lipinski definition) is 1. The normalized spacial score (nSPS) is 14.5. The van der Waals surface area contributed by atoms with Crippen LogP contribution in [0, 0.1) is 11.3 Å². The molecular weight excluding hydrogens is 404 g/mol. The standard InChI is InChI=1S/C17H17BrN4O2S/c1-11(16(25)22-17(2,9-19)10-21-23-3)24-14-4-5-15-12(7-14)6-13(18)8-20-15/h4-8,10-11H,1-3H3,(H,22,25). The van der Waals surface area contributed by atoms with Crippen LogP contribution in [0.25, 0.3) is 10.9 Å². The number of benzene rings is 1. The second-order valence-electron chi connectivity index (χ2n) is 5.49. The van der Waals surface area contributed by atoms with E-state index in [4.69, 9.17) is 17.0 Å². The Balaban J connectivity index is 2.10. The molecule has 0 aliphatic carbocycles. The Morgan fingerprint density at radius 2 is 2.28 bits per heavy atom. The molecule has 0 spiro atoms. The van der Waals surface area contributed by atoms with Crippen molar-refractivity contribution < 1.29 is 9.57 Å². The van der Waals surface area contributed by atoms with Crippen LogP contribution in [0.4, 0.5) is 0 Å². The van der Waals surface area contributed by atoms with Crippen LogP contribution in [0.3, 0.4) is 0 Å². The van der Waals surface area contributed by atoms with Gasteiger partial charge in [-0.05, 0) is 54.0 Å². The maximum Gasteiger partial charge on any atom is 0.162 e. The second-order valence-corrected chi connectivity index (χ2v) is 6.84. The van der Waals surface area contributed by atoms with Crippen molar-refractivity contribution in [2.75, 3.05) is 7.11 Å². The summed E-state index contributed by atoms with van der Waals surface area (Å²) in [5.41, 5.74) is -0.208. The van der Waals surface area contributed by atoms with Crippen LogP contribution in [0.5, 0.6) is 5.75 Å². The molecule has 2 aromatic rings. The molecule has 1 aromatic carbocycles. The topological polar surface area (TPSA) is 79.5 Å². The third kappa shape index (κ3) is 5.11. The number of thiocarbonyl (C=S) groups is 1. The number of halogens is 1. The number of rotatable bonds is 6. The van der Waals surface area contributed by atoms with Gasteiger partial charge in [0, 0.05) is 16.1 Å². The fourth-order valence-electron chi connectivity index (χ4n) is 2.02. The highest BCUT2D eigenvalue weighted by Crippen LogP contribution is 2.23. The van der Waals surface area contributed by atoms with Crippen molar-refractivity contribution in [2.45, 2.75) is 25.5 Å². The molecule has 0 bridgehead atoms. The molecule has 25 heavy (non-hydrogen) atoms. The summed E-state index contributed by atoms with van der Waals surface area (Å²) in [6.07, 6.45) is 2.66. The van der Waals surface area contributed by atoms with Gasteiger partial charge in [0.2, 0.25) is 0 Å². The van der Waals surface area contributed by atoms with E-state index in [0.29, 0.717) is 10.7 Å². The van der Waals surface area contributed by atoms with E-state index in [1.165, 1.54) is 13.3 Å². The molecule has 8 heteroatoms. The minimum absolute atomic E-state index is 0.388. The van der Waals surface area contributed by atoms with Gasteiger partial charge in [-0.25, -0.2) is 0 Å². The highest BCUT2D eigenvalue weighted by atomic mass is 79.9. The lowest BCUT2D eigenvalue weighted by atomic mass is 10.1. The van der Waals surface area contributed by atoms with E-state index < -0.39 is 11.6 Å². The van der Waals surface area contributed by atoms with Crippen LogP contribution in [0.15, 0.2) is 40.1 Å². The van der Waals surface area contributed by atoms with Crippen LogP contribution in [-0.2, 0) is 4.84 Å². The SMILES string of the molecule is CON=CC(C)(C#N)NC(=S)C(C)Oc1ccc2ncc(Br)cc2c1. The highest BCUT2D eigenvalue weighted by Gasteiger charge is 2.25. The minimum Gasteiger partial charge on any atom is -0.484 e. The van der Waals surface area contributed by atoms with E-state index in [9.17, 15) is 5.26 Å². The Morgan fingerprint density at radius 1 is 1.52 bits per heavy atom. The maximum atomic E-state index is 9.31. The van der Waals surface area contributed by atoms with Crippen molar-refractivity contribution in [1.29, 1.82) is 5.26 Å². The van der Waals surface area contributed by atoms with Crippen LogP contribution < -0.4 is 10.1 Å². The largest absolute Gasteiger partial charge is 0.484 e. The highest BCUT2D eigenvalue weighted by molar-refractivity contribution is 9.10. The molecule has 0 saturated carbocycles. The lowest BCUT2D eigenvalue weighted by Crippen LogP contribution is -2.49. The van der Waals surface area contributed by atoms with Gasteiger partial charge in [0.15, 0.2) is 5.54 Å². The predicted octanol–water partition coefficient (Wildman–Crippen LogP) is 3.60. The Hall–Kier alpha value is -2.24. The van der Waals surface area contributed by atoms with E-state index >= 15 is 0 Å². The monoisotopic (exact) mass is 420 g/mol. The van der Waals surface area contributed by atoms with Crippen molar-refractivity contribution in [3.05, 3.63) is 34.9 Å². The van der Waals surface area contributed by atoms with Crippen molar-refractivity contribution >= 4 is 50.3 Å². The number of pyridine rings is 1. The van der Waals surface area contributed by atoms with E-state index in [2.05, 4.69) is 42.3 Å². The first-order chi connectivity index (χ1) is 11.9. The number of hydrogen-bond acceptors (Lipinski definition) is 6. The summed E-state index contributed by atoms with van der Waals surface area (Å²) in [6, 6.07) is 9.66. The number of nitrogens with zero attached hydrogens (tertiary/aromatic N) is 3. The third-order valence-corrected chi connectivity index (χ3v) is 4.20. The van der Waals surface area contributed by atoms with E-state index in [-0.39, 0.29) is 0 Å². The number of nitriles is 1. The molecule has 2 atom stereocenters. The van der Waals surface area contributed by atoms with Crippen LogP contribution in [-0.4, -0.2) is 34.9 Å². The third-order valence-electron chi connectivity index (χ3n) is 3.33. The average Bonchev–Trinajstić information content (AvgIpc) is 2.59. The lowest BCUT2D eigenvalue weighted by molar-refractivity contribution is 0.213. The zero-order valence-corrected chi connectivity index (χ0v) is 16.4. The maximum absolute atomic E-state index is 9.31. The average molecular weight is 421 g/mol. The number of ether oxygens (including phenoxy) is 1. The molecule has 1 aromatic heterocycles. The number of nitrogens with one attached hydrogen (secondary N) is 1. The fraction of sp³-hybridized carbons (Fsp3) is 0.294. The summed E-state index contributed by atoms with van der Waals surface area (Å²) < 4.78 is 6.78. The fourth-order valence-corrected chi connectivity index (χ4v) is 2.63. The number of oxime groups is 1. The molecule has 2 rings (SSSR count). The quantitative estimate of drug-likeness (QED) is 0.436. The van der Waals surface area contributed by atoms with Gasteiger partial charge >= 0.3 is 0 Å². The zero-order valence-electron chi connectivity index (χ0n) is 14.0. The first kappa shape index (κ1) is 19.1. The summed E-state index contributed by atoms with van der Waals surface area (Å²) in [5, 5.41) is 16.8. The molecule has 0 fully saturated rings. The molecule has 0 aliphatic rings. The summed E-state index contributed by atoms with van der Waals surface area (Å²) in [6.45, 7) is 3.46. The van der Waals surface area contributed by atoms with Gasteiger partial charge in [-0.1, -0.05) is 17.4 Å². The molecule has 1 N–H and O–H groups in total. The van der Waals surface area contributed by atoms with Crippen molar-refractivity contribution in [2.24, 2.45) is 5.16 Å². The van der Waals surface area contributed by atoms with Crippen molar-refractivity contribution in [1.82, 2.24) is 10.3 Å². The van der Waals surface area contributed by atoms with Crippen molar-refractivity contribution in [3.8, 4) is 11.8 Å². The molecule has 0 aliphatic heterocycles. The molecule has 130 valence electrons. The summed E-state index contributed by atoms with van der Waals surface area (Å²) in [5.74, 6) is 0.660. The first-order valence-electron chi connectivity index (χ1n) is 7.40. The van der Waals surface area contributed by atoms with Crippen LogP contribution >= 0.6 is 28.1 Å². The molecule has 0 amide bonds. The van der Waals surface area contributed by atoms with E-state index in [1.54, 1.807) is 13.1 Å². The van der Waals surface area contributed by atoms with E-state index in [0.717, 1.165) is 15.4 Å². The number of fused-ring (bicyclic) bond motifs is 1. The van der Waals surface area contributed by atoms with Crippen LogP contribution in [0.1, 0.15) is 13.8 Å². The van der Waals surface area contributed by atoms with Gasteiger partial charge < -0.3 is 14.9 Å². The summed E-state index contributed by atoms with van der Waals surface area (Å²) in [7, 11) is 1.41. The van der Waals surface area contributed by atoms with Gasteiger partial charge in [-0.15, -0.1) is 0 Å². The molecule has 6 nitrogen and oxygen atoms in total. The Morgan fingerprint density at radius 3 is 2.96 bits per heavy atom. The minimum atomic E-state index is -1.08.